The van der Waals surface area contributed by atoms with E-state index in [4.69, 9.17) is 0 Å². The molecule has 3 rings (SSSR count). The van der Waals surface area contributed by atoms with Crippen LogP contribution >= 0.6 is 0 Å². The van der Waals surface area contributed by atoms with Gasteiger partial charge in [-0.2, -0.15) is 0 Å². The molecule has 1 saturated heterocycles. The molecule has 0 unspecified atom stereocenters. The van der Waals surface area contributed by atoms with E-state index >= 15 is 0 Å². The Balaban J connectivity index is 1.94. The monoisotopic (exact) mass is 474 g/mol. The minimum atomic E-state index is -3.43. The summed E-state index contributed by atoms with van der Waals surface area (Å²) in [7, 11) is -3.43. The standard InChI is InChI=1S/C22H26N4O6S/c1-22(2,3)17-12-15(26-10-9-18(27)24-21(26)30)11-16(19(17)28)20(29)23-13-5-7-14(8-6-13)25-33(4,31)32/h5-8,11-12,25,28H,9-10H2,1-4H3,(H,23,29)(H,24,27,30). The van der Waals surface area contributed by atoms with Gasteiger partial charge in [0.2, 0.25) is 15.9 Å². The van der Waals surface area contributed by atoms with E-state index < -0.39 is 27.4 Å². The predicted molar refractivity (Wildman–Crippen MR) is 125 cm³/mol. The van der Waals surface area contributed by atoms with Gasteiger partial charge in [-0.3, -0.25) is 24.5 Å². The summed E-state index contributed by atoms with van der Waals surface area (Å²) in [5, 5.41) is 15.8. The molecule has 1 heterocycles. The summed E-state index contributed by atoms with van der Waals surface area (Å²) in [4.78, 5) is 38.2. The summed E-state index contributed by atoms with van der Waals surface area (Å²) in [6.45, 7) is 5.73. The number of nitrogens with zero attached hydrogens (tertiary/aromatic N) is 1. The molecule has 176 valence electrons. The number of carbonyl (C=O) groups excluding carboxylic acids is 3. The molecule has 0 spiro atoms. The average Bonchev–Trinajstić information content (AvgIpc) is 2.68. The molecule has 4 amide bonds. The van der Waals surface area contributed by atoms with Crippen LogP contribution in [0.1, 0.15) is 43.1 Å². The fourth-order valence-corrected chi connectivity index (χ4v) is 3.93. The third-order valence-electron chi connectivity index (χ3n) is 4.96. The van der Waals surface area contributed by atoms with Crippen molar-refractivity contribution in [3.63, 3.8) is 0 Å². The number of sulfonamides is 1. The van der Waals surface area contributed by atoms with Crippen LogP contribution in [0, 0.1) is 0 Å². The van der Waals surface area contributed by atoms with Crippen molar-refractivity contribution in [1.82, 2.24) is 5.32 Å². The Morgan fingerprint density at radius 1 is 1.09 bits per heavy atom. The fourth-order valence-electron chi connectivity index (χ4n) is 3.36. The molecule has 1 aliphatic rings. The number of rotatable bonds is 5. The number of phenolic OH excluding ortho intramolecular Hbond substituents is 1. The Morgan fingerprint density at radius 2 is 1.70 bits per heavy atom. The van der Waals surface area contributed by atoms with Crippen molar-refractivity contribution in [2.75, 3.05) is 27.7 Å². The zero-order valence-corrected chi connectivity index (χ0v) is 19.5. The number of benzene rings is 2. The summed E-state index contributed by atoms with van der Waals surface area (Å²) in [6, 6.07) is 8.44. The van der Waals surface area contributed by atoms with E-state index in [-0.39, 0.29) is 30.2 Å². The first-order valence-corrected chi connectivity index (χ1v) is 12.0. The molecule has 0 aromatic heterocycles. The molecule has 0 bridgehead atoms. The van der Waals surface area contributed by atoms with E-state index in [0.29, 0.717) is 22.6 Å². The van der Waals surface area contributed by atoms with Crippen molar-refractivity contribution in [2.24, 2.45) is 0 Å². The SMILES string of the molecule is CC(C)(C)c1cc(N2CCC(=O)NC2=O)cc(C(=O)Nc2ccc(NS(C)(=O)=O)cc2)c1O. The summed E-state index contributed by atoms with van der Waals surface area (Å²) < 4.78 is 25.0. The van der Waals surface area contributed by atoms with Crippen LogP contribution in [0.4, 0.5) is 21.9 Å². The second-order valence-corrected chi connectivity index (χ2v) is 10.5. The molecule has 2 aromatic carbocycles. The number of hydrogen-bond acceptors (Lipinski definition) is 6. The molecule has 1 fully saturated rings. The van der Waals surface area contributed by atoms with Gasteiger partial charge in [0.1, 0.15) is 5.75 Å². The topological polar surface area (TPSA) is 145 Å². The molecule has 0 aliphatic carbocycles. The van der Waals surface area contributed by atoms with E-state index in [1.165, 1.54) is 35.2 Å². The maximum absolute atomic E-state index is 13.0. The first-order valence-electron chi connectivity index (χ1n) is 10.1. The van der Waals surface area contributed by atoms with E-state index in [1.807, 2.05) is 20.8 Å². The van der Waals surface area contributed by atoms with Gasteiger partial charge in [0.15, 0.2) is 0 Å². The lowest BCUT2D eigenvalue weighted by Gasteiger charge is -2.29. The number of imide groups is 1. The van der Waals surface area contributed by atoms with Crippen LogP contribution in [0.15, 0.2) is 36.4 Å². The largest absolute Gasteiger partial charge is 0.507 e. The van der Waals surface area contributed by atoms with Gasteiger partial charge in [0, 0.05) is 35.6 Å². The number of anilines is 3. The van der Waals surface area contributed by atoms with Gasteiger partial charge in [0.05, 0.1) is 11.8 Å². The molecule has 10 nitrogen and oxygen atoms in total. The number of urea groups is 1. The first kappa shape index (κ1) is 24.1. The van der Waals surface area contributed by atoms with E-state index in [9.17, 15) is 27.9 Å². The summed E-state index contributed by atoms with van der Waals surface area (Å²) in [6.07, 6.45) is 1.15. The highest BCUT2D eigenvalue weighted by atomic mass is 32.2. The van der Waals surface area contributed by atoms with Crippen molar-refractivity contribution in [3.05, 3.63) is 47.5 Å². The minimum absolute atomic E-state index is 0.0412. The van der Waals surface area contributed by atoms with E-state index in [1.54, 1.807) is 6.07 Å². The second-order valence-electron chi connectivity index (χ2n) is 8.80. The Labute approximate surface area is 192 Å². The van der Waals surface area contributed by atoms with Crippen molar-refractivity contribution in [2.45, 2.75) is 32.6 Å². The van der Waals surface area contributed by atoms with Gasteiger partial charge in [0.25, 0.3) is 5.91 Å². The molecule has 11 heteroatoms. The minimum Gasteiger partial charge on any atom is -0.507 e. The number of aromatic hydroxyl groups is 1. The van der Waals surface area contributed by atoms with Crippen molar-refractivity contribution < 1.29 is 27.9 Å². The van der Waals surface area contributed by atoms with Gasteiger partial charge in [-0.1, -0.05) is 20.8 Å². The van der Waals surface area contributed by atoms with Crippen molar-refractivity contribution in [3.8, 4) is 5.75 Å². The maximum Gasteiger partial charge on any atom is 0.328 e. The average molecular weight is 475 g/mol. The smallest absolute Gasteiger partial charge is 0.328 e. The number of hydrogen-bond donors (Lipinski definition) is 4. The third-order valence-corrected chi connectivity index (χ3v) is 5.57. The lowest BCUT2D eigenvalue weighted by atomic mass is 9.84. The van der Waals surface area contributed by atoms with Crippen LogP contribution in [-0.4, -0.2) is 44.2 Å². The zero-order valence-electron chi connectivity index (χ0n) is 18.7. The van der Waals surface area contributed by atoms with Crippen molar-refractivity contribution in [1.29, 1.82) is 0 Å². The number of carbonyl (C=O) groups is 3. The number of phenols is 1. The Morgan fingerprint density at radius 3 is 2.24 bits per heavy atom. The highest BCUT2D eigenvalue weighted by Crippen LogP contribution is 2.37. The normalized spacial score (nSPS) is 14.6. The summed E-state index contributed by atoms with van der Waals surface area (Å²) in [5.74, 6) is -1.21. The highest BCUT2D eigenvalue weighted by molar-refractivity contribution is 7.92. The van der Waals surface area contributed by atoms with Crippen LogP contribution in [0.25, 0.3) is 0 Å². The van der Waals surface area contributed by atoms with Crippen LogP contribution in [0.3, 0.4) is 0 Å². The van der Waals surface area contributed by atoms with Gasteiger partial charge >= 0.3 is 6.03 Å². The van der Waals surface area contributed by atoms with Crippen LogP contribution in [-0.2, 0) is 20.2 Å². The van der Waals surface area contributed by atoms with E-state index in [2.05, 4.69) is 15.4 Å². The molecule has 2 aromatic rings. The van der Waals surface area contributed by atoms with Gasteiger partial charge in [-0.15, -0.1) is 0 Å². The van der Waals surface area contributed by atoms with Crippen molar-refractivity contribution >= 4 is 44.9 Å². The Bertz CT molecular complexity index is 1220. The molecular weight excluding hydrogens is 448 g/mol. The van der Waals surface area contributed by atoms with E-state index in [0.717, 1.165) is 6.26 Å². The molecule has 4 N–H and O–H groups in total. The molecule has 0 atom stereocenters. The van der Waals surface area contributed by atoms with Crippen LogP contribution < -0.4 is 20.3 Å². The first-order chi connectivity index (χ1) is 15.2. The lowest BCUT2D eigenvalue weighted by Crippen LogP contribution is -2.49. The zero-order chi connectivity index (χ0) is 24.6. The molecule has 0 saturated carbocycles. The van der Waals surface area contributed by atoms with Gasteiger partial charge < -0.3 is 10.4 Å². The molecule has 0 radical (unpaired) electrons. The lowest BCUT2D eigenvalue weighted by molar-refractivity contribution is -0.120. The predicted octanol–water partition coefficient (Wildman–Crippen LogP) is 2.76. The quantitative estimate of drug-likeness (QED) is 0.524. The maximum atomic E-state index is 13.0. The Hall–Kier alpha value is -3.60. The number of amides is 4. The highest BCUT2D eigenvalue weighted by Gasteiger charge is 2.29. The molecular formula is C22H26N4O6S. The molecule has 33 heavy (non-hydrogen) atoms. The third kappa shape index (κ3) is 5.80. The van der Waals surface area contributed by atoms with Crippen LogP contribution in [0.2, 0.25) is 0 Å². The summed E-state index contributed by atoms with van der Waals surface area (Å²) >= 11 is 0. The summed E-state index contributed by atoms with van der Waals surface area (Å²) in [5.41, 5.74) is 0.961. The Kier molecular flexibility index (Phi) is 6.37. The molecule has 1 aliphatic heterocycles. The number of nitrogens with one attached hydrogen (secondary N) is 3. The fraction of sp³-hybridized carbons (Fsp3) is 0.318. The van der Waals surface area contributed by atoms with Gasteiger partial charge in [-0.05, 0) is 41.8 Å². The van der Waals surface area contributed by atoms with Gasteiger partial charge in [-0.25, -0.2) is 13.2 Å². The second kappa shape index (κ2) is 8.74. The van der Waals surface area contributed by atoms with Crippen LogP contribution in [0.5, 0.6) is 5.75 Å².